The third-order valence-electron chi connectivity index (χ3n) is 3.56. The molecule has 4 heteroatoms. The number of nitrogens with zero attached hydrogens (tertiary/aromatic N) is 1. The van der Waals surface area contributed by atoms with Crippen LogP contribution in [0.4, 0.5) is 4.79 Å². The van der Waals surface area contributed by atoms with Crippen LogP contribution in [0.2, 0.25) is 0 Å². The number of nitrogens with two attached hydrogens (primary N) is 1. The van der Waals surface area contributed by atoms with Gasteiger partial charge in [0.05, 0.1) is 6.04 Å². The maximum absolute atomic E-state index is 12.3. The Bertz CT molecular complexity index is 286. The van der Waals surface area contributed by atoms with Crippen LogP contribution >= 0.6 is 0 Å². The van der Waals surface area contributed by atoms with Crippen molar-refractivity contribution in [2.24, 2.45) is 5.73 Å². The van der Waals surface area contributed by atoms with Gasteiger partial charge in [-0.1, -0.05) is 19.8 Å². The topological polar surface area (TPSA) is 55.6 Å². The second-order valence-corrected chi connectivity index (χ2v) is 6.54. The van der Waals surface area contributed by atoms with Gasteiger partial charge in [0.2, 0.25) is 0 Å². The number of piperidine rings is 1. The fourth-order valence-electron chi connectivity index (χ4n) is 2.58. The molecule has 1 aliphatic heterocycles. The summed E-state index contributed by atoms with van der Waals surface area (Å²) >= 11 is 0. The van der Waals surface area contributed by atoms with E-state index in [1.807, 2.05) is 25.7 Å². The van der Waals surface area contributed by atoms with Gasteiger partial charge >= 0.3 is 6.09 Å². The Labute approximate surface area is 117 Å². The van der Waals surface area contributed by atoms with Crippen molar-refractivity contribution in [2.45, 2.75) is 83.9 Å². The van der Waals surface area contributed by atoms with Crippen molar-refractivity contribution in [3.05, 3.63) is 0 Å². The summed E-state index contributed by atoms with van der Waals surface area (Å²) in [7, 11) is 0. The molecular formula is C15H30N2O2. The zero-order valence-corrected chi connectivity index (χ0v) is 12.9. The highest BCUT2D eigenvalue weighted by atomic mass is 16.6. The first kappa shape index (κ1) is 16.3. The zero-order chi connectivity index (χ0) is 14.5. The van der Waals surface area contributed by atoms with Gasteiger partial charge in [-0.2, -0.15) is 0 Å². The maximum atomic E-state index is 12.3. The highest BCUT2D eigenvalue weighted by Crippen LogP contribution is 2.23. The van der Waals surface area contributed by atoms with Gasteiger partial charge in [0.25, 0.3) is 0 Å². The minimum Gasteiger partial charge on any atom is -0.444 e. The molecule has 2 unspecified atom stereocenters. The van der Waals surface area contributed by atoms with E-state index < -0.39 is 5.60 Å². The summed E-state index contributed by atoms with van der Waals surface area (Å²) in [6.45, 7) is 8.65. The Balaban J connectivity index is 2.63. The van der Waals surface area contributed by atoms with Gasteiger partial charge in [-0.25, -0.2) is 4.79 Å². The third-order valence-corrected chi connectivity index (χ3v) is 3.56. The monoisotopic (exact) mass is 270 g/mol. The molecule has 1 heterocycles. The van der Waals surface area contributed by atoms with Crippen LogP contribution in [-0.4, -0.2) is 35.2 Å². The summed E-state index contributed by atoms with van der Waals surface area (Å²) in [5.74, 6) is 0. The molecule has 0 aromatic heterocycles. The summed E-state index contributed by atoms with van der Waals surface area (Å²) < 4.78 is 5.49. The molecule has 2 N–H and O–H groups in total. The first-order valence-electron chi connectivity index (χ1n) is 7.60. The summed E-state index contributed by atoms with van der Waals surface area (Å²) in [4.78, 5) is 14.1. The molecule has 0 radical (unpaired) electrons. The second-order valence-electron chi connectivity index (χ2n) is 6.54. The van der Waals surface area contributed by atoms with Gasteiger partial charge < -0.3 is 15.4 Å². The predicted molar refractivity (Wildman–Crippen MR) is 78.1 cm³/mol. The number of ether oxygens (including phenoxy) is 1. The zero-order valence-electron chi connectivity index (χ0n) is 12.9. The summed E-state index contributed by atoms with van der Waals surface area (Å²) in [5, 5.41) is 0. The number of hydrogen-bond donors (Lipinski definition) is 1. The smallest absolute Gasteiger partial charge is 0.410 e. The van der Waals surface area contributed by atoms with Crippen LogP contribution in [0.15, 0.2) is 0 Å². The molecule has 1 fully saturated rings. The fourth-order valence-corrected chi connectivity index (χ4v) is 2.58. The Kier molecular flexibility index (Phi) is 6.11. The normalized spacial score (nSPS) is 22.2. The number of amides is 1. The van der Waals surface area contributed by atoms with E-state index in [4.69, 9.17) is 10.5 Å². The molecule has 0 bridgehead atoms. The number of hydrogen-bond acceptors (Lipinski definition) is 3. The van der Waals surface area contributed by atoms with E-state index >= 15 is 0 Å². The van der Waals surface area contributed by atoms with Crippen molar-refractivity contribution in [2.75, 3.05) is 6.54 Å². The van der Waals surface area contributed by atoms with Crippen molar-refractivity contribution in [3.63, 3.8) is 0 Å². The minimum absolute atomic E-state index is 0.0766. The summed E-state index contributed by atoms with van der Waals surface area (Å²) in [6.07, 6.45) is 6.27. The summed E-state index contributed by atoms with van der Waals surface area (Å²) in [6, 6.07) is 0.225. The second kappa shape index (κ2) is 7.13. The van der Waals surface area contributed by atoms with E-state index in [0.29, 0.717) is 0 Å². The van der Waals surface area contributed by atoms with E-state index in [0.717, 1.165) is 45.1 Å². The number of carbonyl (C=O) groups excluding carboxylic acids is 1. The van der Waals surface area contributed by atoms with E-state index in [2.05, 4.69) is 6.92 Å². The average Bonchev–Trinajstić information content (AvgIpc) is 2.34. The average molecular weight is 270 g/mol. The quantitative estimate of drug-likeness (QED) is 0.852. The highest BCUT2D eigenvalue weighted by molar-refractivity contribution is 5.68. The van der Waals surface area contributed by atoms with Gasteiger partial charge in [0.15, 0.2) is 0 Å². The van der Waals surface area contributed by atoms with Crippen molar-refractivity contribution in [1.29, 1.82) is 0 Å². The molecule has 1 rings (SSSR count). The van der Waals surface area contributed by atoms with E-state index in [9.17, 15) is 4.79 Å². The number of rotatable bonds is 4. The third kappa shape index (κ3) is 5.39. The Morgan fingerprint density at radius 2 is 2.11 bits per heavy atom. The van der Waals surface area contributed by atoms with E-state index in [1.165, 1.54) is 0 Å². The molecule has 0 aromatic carbocycles. The lowest BCUT2D eigenvalue weighted by atomic mass is 9.93. The van der Waals surface area contributed by atoms with Crippen molar-refractivity contribution < 1.29 is 9.53 Å². The van der Waals surface area contributed by atoms with Crippen LogP contribution in [0, 0.1) is 0 Å². The van der Waals surface area contributed by atoms with Crippen LogP contribution in [-0.2, 0) is 4.74 Å². The molecule has 19 heavy (non-hydrogen) atoms. The number of likely N-dealkylation sites (tertiary alicyclic amines) is 1. The molecule has 1 amide bonds. The largest absolute Gasteiger partial charge is 0.444 e. The molecule has 0 aromatic rings. The molecule has 2 atom stereocenters. The van der Waals surface area contributed by atoms with Crippen LogP contribution in [0.5, 0.6) is 0 Å². The Morgan fingerprint density at radius 1 is 1.42 bits per heavy atom. The summed E-state index contributed by atoms with van der Waals surface area (Å²) in [5.41, 5.74) is 5.84. The lowest BCUT2D eigenvalue weighted by Crippen LogP contribution is -2.53. The van der Waals surface area contributed by atoms with Crippen LogP contribution < -0.4 is 5.73 Å². The molecule has 112 valence electrons. The minimum atomic E-state index is -0.438. The van der Waals surface area contributed by atoms with Crippen molar-refractivity contribution >= 4 is 6.09 Å². The van der Waals surface area contributed by atoms with Gasteiger partial charge in [0, 0.05) is 12.6 Å². The predicted octanol–water partition coefficient (Wildman–Crippen LogP) is 3.29. The van der Waals surface area contributed by atoms with Crippen LogP contribution in [0.25, 0.3) is 0 Å². The van der Waals surface area contributed by atoms with Crippen LogP contribution in [0.3, 0.4) is 0 Å². The van der Waals surface area contributed by atoms with Crippen LogP contribution in [0.1, 0.15) is 66.2 Å². The molecule has 0 saturated carbocycles. The Hall–Kier alpha value is -0.770. The first-order valence-corrected chi connectivity index (χ1v) is 7.60. The maximum Gasteiger partial charge on any atom is 0.410 e. The Morgan fingerprint density at radius 3 is 2.68 bits per heavy atom. The first-order chi connectivity index (χ1) is 8.85. The van der Waals surface area contributed by atoms with Crippen molar-refractivity contribution in [3.8, 4) is 0 Å². The van der Waals surface area contributed by atoms with Gasteiger partial charge in [0.1, 0.15) is 5.60 Å². The van der Waals surface area contributed by atoms with Crippen molar-refractivity contribution in [1.82, 2.24) is 4.90 Å². The van der Waals surface area contributed by atoms with E-state index in [1.54, 1.807) is 0 Å². The molecule has 0 spiro atoms. The lowest BCUT2D eigenvalue weighted by molar-refractivity contribution is 0.00614. The fraction of sp³-hybridized carbons (Fsp3) is 0.933. The molecule has 1 aliphatic rings. The van der Waals surface area contributed by atoms with Gasteiger partial charge in [-0.15, -0.1) is 0 Å². The number of carbonyl (C=O) groups is 1. The number of unbranched alkanes of at least 4 members (excludes halogenated alkanes) is 1. The molecule has 1 saturated heterocycles. The van der Waals surface area contributed by atoms with Gasteiger partial charge in [-0.3, -0.25) is 0 Å². The molecule has 4 nitrogen and oxygen atoms in total. The molecule has 0 aliphatic carbocycles. The molecular weight excluding hydrogens is 240 g/mol. The van der Waals surface area contributed by atoms with E-state index in [-0.39, 0.29) is 18.2 Å². The standard InChI is InChI=1S/C15H30N2O2/c1-5-6-9-12(16)13-10-7-8-11-17(13)14(18)19-15(2,3)4/h12-13H,5-11,16H2,1-4H3. The SMILES string of the molecule is CCCCC(N)C1CCCCN1C(=O)OC(C)(C)C. The lowest BCUT2D eigenvalue weighted by Gasteiger charge is -2.39. The van der Waals surface area contributed by atoms with Gasteiger partial charge in [-0.05, 0) is 46.5 Å². The highest BCUT2D eigenvalue weighted by Gasteiger charge is 2.33.